The van der Waals surface area contributed by atoms with E-state index in [0.29, 0.717) is 16.3 Å². The Bertz CT molecular complexity index is 598. The molecule has 1 aromatic carbocycles. The molecule has 0 amide bonds. The number of hydrogen-bond acceptors (Lipinski definition) is 4. The van der Waals surface area contributed by atoms with Gasteiger partial charge in [-0.15, -0.1) is 0 Å². The van der Waals surface area contributed by atoms with Gasteiger partial charge in [0.25, 0.3) is 0 Å². The van der Waals surface area contributed by atoms with Crippen molar-refractivity contribution in [1.29, 1.82) is 5.26 Å². The molecule has 0 saturated heterocycles. The summed E-state index contributed by atoms with van der Waals surface area (Å²) in [6, 6.07) is 9.02. The molecular formula is C12H11ClN4O. The van der Waals surface area contributed by atoms with E-state index in [9.17, 15) is 0 Å². The van der Waals surface area contributed by atoms with Crippen LogP contribution < -0.4 is 5.73 Å². The van der Waals surface area contributed by atoms with Gasteiger partial charge >= 0.3 is 0 Å². The normalized spacial score (nSPS) is 10.3. The average Bonchev–Trinajstić information content (AvgIpc) is 2.68. The zero-order chi connectivity index (χ0) is 13.1. The molecule has 0 saturated carbocycles. The first-order valence-corrected chi connectivity index (χ1v) is 5.68. The summed E-state index contributed by atoms with van der Waals surface area (Å²) in [6.07, 6.45) is 0. The number of halogens is 1. The predicted octanol–water partition coefficient (Wildman–Crippen LogP) is 1.65. The van der Waals surface area contributed by atoms with Crippen LogP contribution in [0.15, 0.2) is 24.3 Å². The van der Waals surface area contributed by atoms with Crippen LogP contribution in [0, 0.1) is 11.3 Å². The summed E-state index contributed by atoms with van der Waals surface area (Å²) in [7, 11) is 0. The van der Waals surface area contributed by atoms with Gasteiger partial charge in [-0.3, -0.25) is 0 Å². The SMILES string of the molecule is N#Cc1c(-c2ccc(Cl)cc2)nn(CCO)c1N. The molecule has 18 heavy (non-hydrogen) atoms. The van der Waals surface area contributed by atoms with E-state index in [4.69, 9.17) is 27.7 Å². The van der Waals surface area contributed by atoms with Gasteiger partial charge in [0.05, 0.1) is 13.2 Å². The maximum Gasteiger partial charge on any atom is 0.140 e. The molecule has 0 aliphatic rings. The molecule has 0 atom stereocenters. The van der Waals surface area contributed by atoms with Crippen molar-refractivity contribution in [2.45, 2.75) is 6.54 Å². The largest absolute Gasteiger partial charge is 0.394 e. The second kappa shape index (κ2) is 5.08. The number of aromatic nitrogens is 2. The topological polar surface area (TPSA) is 87.9 Å². The van der Waals surface area contributed by atoms with Gasteiger partial charge in [-0.2, -0.15) is 10.4 Å². The molecule has 2 aromatic rings. The van der Waals surface area contributed by atoms with E-state index >= 15 is 0 Å². The van der Waals surface area contributed by atoms with Crippen LogP contribution in [0.25, 0.3) is 11.3 Å². The molecule has 1 heterocycles. The lowest BCUT2D eigenvalue weighted by Crippen LogP contribution is -2.07. The Labute approximate surface area is 109 Å². The van der Waals surface area contributed by atoms with Crippen LogP contribution in [0.4, 0.5) is 5.82 Å². The van der Waals surface area contributed by atoms with E-state index < -0.39 is 0 Å². The summed E-state index contributed by atoms with van der Waals surface area (Å²) >= 11 is 5.81. The molecule has 0 unspecified atom stereocenters. The van der Waals surface area contributed by atoms with Crippen LogP contribution in [0.2, 0.25) is 5.02 Å². The summed E-state index contributed by atoms with van der Waals surface area (Å²) in [5, 5.41) is 22.9. The number of nitrogens with zero attached hydrogens (tertiary/aromatic N) is 3. The lowest BCUT2D eigenvalue weighted by atomic mass is 10.1. The predicted molar refractivity (Wildman–Crippen MR) is 68.9 cm³/mol. The zero-order valence-corrected chi connectivity index (χ0v) is 10.2. The number of nitrogens with two attached hydrogens (primary N) is 1. The Balaban J connectivity index is 2.54. The molecular weight excluding hydrogens is 252 g/mol. The van der Waals surface area contributed by atoms with Gasteiger partial charge in [-0.1, -0.05) is 23.7 Å². The number of anilines is 1. The number of aliphatic hydroxyl groups is 1. The van der Waals surface area contributed by atoms with Gasteiger partial charge in [-0.25, -0.2) is 4.68 Å². The summed E-state index contributed by atoms with van der Waals surface area (Å²) in [5.74, 6) is 0.261. The van der Waals surface area contributed by atoms with E-state index in [1.54, 1.807) is 24.3 Å². The van der Waals surface area contributed by atoms with Crippen molar-refractivity contribution in [3.05, 3.63) is 34.9 Å². The van der Waals surface area contributed by atoms with Crippen molar-refractivity contribution in [2.24, 2.45) is 0 Å². The molecule has 2 rings (SSSR count). The summed E-state index contributed by atoms with van der Waals surface area (Å²) < 4.78 is 1.42. The molecule has 0 fully saturated rings. The van der Waals surface area contributed by atoms with E-state index in [1.807, 2.05) is 6.07 Å². The number of benzene rings is 1. The highest BCUT2D eigenvalue weighted by atomic mass is 35.5. The van der Waals surface area contributed by atoms with Crippen LogP contribution >= 0.6 is 11.6 Å². The van der Waals surface area contributed by atoms with Crippen molar-refractivity contribution >= 4 is 17.4 Å². The molecule has 0 spiro atoms. The zero-order valence-electron chi connectivity index (χ0n) is 9.47. The van der Waals surface area contributed by atoms with Crippen LogP contribution in [-0.2, 0) is 6.54 Å². The minimum Gasteiger partial charge on any atom is -0.394 e. The fraction of sp³-hybridized carbons (Fsp3) is 0.167. The maximum absolute atomic E-state index is 9.12. The van der Waals surface area contributed by atoms with E-state index in [1.165, 1.54) is 4.68 Å². The Morgan fingerprint density at radius 3 is 2.61 bits per heavy atom. The summed E-state index contributed by atoms with van der Waals surface area (Å²) in [6.45, 7) is 0.172. The van der Waals surface area contributed by atoms with Crippen LogP contribution in [-0.4, -0.2) is 21.5 Å². The van der Waals surface area contributed by atoms with Crippen molar-refractivity contribution in [1.82, 2.24) is 9.78 Å². The van der Waals surface area contributed by atoms with Crippen LogP contribution in [0.5, 0.6) is 0 Å². The van der Waals surface area contributed by atoms with Crippen molar-refractivity contribution in [2.75, 3.05) is 12.3 Å². The lowest BCUT2D eigenvalue weighted by molar-refractivity contribution is 0.270. The van der Waals surface area contributed by atoms with Gasteiger partial charge in [-0.05, 0) is 12.1 Å². The molecule has 92 valence electrons. The van der Waals surface area contributed by atoms with Gasteiger partial charge in [0, 0.05) is 10.6 Å². The number of rotatable bonds is 3. The molecule has 0 radical (unpaired) electrons. The van der Waals surface area contributed by atoms with E-state index in [-0.39, 0.29) is 19.0 Å². The third kappa shape index (κ3) is 2.16. The van der Waals surface area contributed by atoms with Gasteiger partial charge in [0.1, 0.15) is 23.1 Å². The molecule has 6 heteroatoms. The second-order valence-electron chi connectivity index (χ2n) is 3.67. The third-order valence-electron chi connectivity index (χ3n) is 2.53. The lowest BCUT2D eigenvalue weighted by Gasteiger charge is -1.99. The first-order valence-electron chi connectivity index (χ1n) is 5.30. The molecule has 0 aliphatic carbocycles. The molecule has 3 N–H and O–H groups in total. The van der Waals surface area contributed by atoms with Crippen LogP contribution in [0.1, 0.15) is 5.56 Å². The number of nitriles is 1. The van der Waals surface area contributed by atoms with Gasteiger partial charge in [0.2, 0.25) is 0 Å². The van der Waals surface area contributed by atoms with Crippen molar-refractivity contribution < 1.29 is 5.11 Å². The highest BCUT2D eigenvalue weighted by Gasteiger charge is 2.16. The monoisotopic (exact) mass is 262 g/mol. The Morgan fingerprint density at radius 2 is 2.06 bits per heavy atom. The fourth-order valence-corrected chi connectivity index (χ4v) is 1.79. The second-order valence-corrected chi connectivity index (χ2v) is 4.11. The first-order chi connectivity index (χ1) is 8.67. The van der Waals surface area contributed by atoms with Crippen molar-refractivity contribution in [3.63, 3.8) is 0 Å². The molecule has 5 nitrogen and oxygen atoms in total. The van der Waals surface area contributed by atoms with Gasteiger partial charge < -0.3 is 10.8 Å². The van der Waals surface area contributed by atoms with Gasteiger partial charge in [0.15, 0.2) is 0 Å². The molecule has 0 bridgehead atoms. The van der Waals surface area contributed by atoms with Crippen molar-refractivity contribution in [3.8, 4) is 17.3 Å². The first kappa shape index (κ1) is 12.4. The quantitative estimate of drug-likeness (QED) is 0.880. The number of nitrogen functional groups attached to an aromatic ring is 1. The summed E-state index contributed by atoms with van der Waals surface area (Å²) in [4.78, 5) is 0. The Hall–Kier alpha value is -2.03. The van der Waals surface area contributed by atoms with E-state index in [2.05, 4.69) is 5.10 Å². The van der Waals surface area contributed by atoms with Crippen LogP contribution in [0.3, 0.4) is 0 Å². The minimum atomic E-state index is -0.0865. The molecule has 0 aliphatic heterocycles. The standard InChI is InChI=1S/C12H11ClN4O/c13-9-3-1-8(2-4-9)11-10(7-14)12(15)17(16-11)5-6-18/h1-4,18H,5-6,15H2. The highest BCUT2D eigenvalue weighted by molar-refractivity contribution is 6.30. The molecule has 1 aromatic heterocycles. The Morgan fingerprint density at radius 1 is 1.39 bits per heavy atom. The summed E-state index contributed by atoms with van der Waals surface area (Å²) in [5.41, 5.74) is 7.38. The highest BCUT2D eigenvalue weighted by Crippen LogP contribution is 2.27. The number of aliphatic hydroxyl groups excluding tert-OH is 1. The number of hydrogen-bond donors (Lipinski definition) is 2. The third-order valence-corrected chi connectivity index (χ3v) is 2.78. The maximum atomic E-state index is 9.12. The van der Waals surface area contributed by atoms with E-state index in [0.717, 1.165) is 5.56 Å². The Kier molecular flexibility index (Phi) is 3.51. The minimum absolute atomic E-state index is 0.0865. The fourth-order valence-electron chi connectivity index (χ4n) is 1.66. The average molecular weight is 263 g/mol. The smallest absolute Gasteiger partial charge is 0.140 e.